The van der Waals surface area contributed by atoms with Gasteiger partial charge in [0.2, 0.25) is 0 Å². The molecular formula is C20H20FNO2. The van der Waals surface area contributed by atoms with Gasteiger partial charge in [-0.1, -0.05) is 24.3 Å². The highest BCUT2D eigenvalue weighted by molar-refractivity contribution is 5.82. The third kappa shape index (κ3) is 3.65. The van der Waals surface area contributed by atoms with E-state index in [0.717, 1.165) is 18.7 Å². The number of hydrogen-bond donors (Lipinski definition) is 1. The standard InChI is InChI=1S/C20H20FNO2/c21-19-13-16(12-17(14-23)20(19)24)5-4-15-6-8-18(9-7-15)22-10-2-1-3-11-22/h4-9,12-14,24H,1-3,10-11H2. The summed E-state index contributed by atoms with van der Waals surface area (Å²) < 4.78 is 13.6. The van der Waals surface area contributed by atoms with E-state index in [-0.39, 0.29) is 5.56 Å². The van der Waals surface area contributed by atoms with Crippen LogP contribution in [-0.4, -0.2) is 24.5 Å². The van der Waals surface area contributed by atoms with Crippen molar-refractivity contribution >= 4 is 24.1 Å². The van der Waals surface area contributed by atoms with Crippen molar-refractivity contribution in [1.29, 1.82) is 0 Å². The van der Waals surface area contributed by atoms with Crippen LogP contribution in [0.4, 0.5) is 10.1 Å². The Hall–Kier alpha value is -2.62. The number of phenols is 1. The van der Waals surface area contributed by atoms with E-state index in [4.69, 9.17) is 0 Å². The molecule has 2 aromatic carbocycles. The molecule has 0 atom stereocenters. The molecule has 0 aliphatic carbocycles. The van der Waals surface area contributed by atoms with Gasteiger partial charge in [0.05, 0.1) is 5.56 Å². The molecule has 0 bridgehead atoms. The van der Waals surface area contributed by atoms with Crippen LogP contribution in [0, 0.1) is 5.82 Å². The lowest BCUT2D eigenvalue weighted by Crippen LogP contribution is -2.29. The van der Waals surface area contributed by atoms with Gasteiger partial charge in [-0.2, -0.15) is 0 Å². The first-order chi connectivity index (χ1) is 11.7. The van der Waals surface area contributed by atoms with Crippen LogP contribution in [0.5, 0.6) is 5.75 Å². The van der Waals surface area contributed by atoms with Crippen LogP contribution in [0.1, 0.15) is 40.7 Å². The molecule has 0 saturated carbocycles. The molecule has 124 valence electrons. The average molecular weight is 325 g/mol. The summed E-state index contributed by atoms with van der Waals surface area (Å²) in [5.41, 5.74) is 2.71. The third-order valence-corrected chi connectivity index (χ3v) is 4.32. The molecule has 0 unspecified atom stereocenters. The number of rotatable bonds is 4. The molecule has 0 radical (unpaired) electrons. The Morgan fingerprint density at radius 1 is 0.958 bits per heavy atom. The zero-order valence-corrected chi connectivity index (χ0v) is 13.4. The van der Waals surface area contributed by atoms with Gasteiger partial charge >= 0.3 is 0 Å². The van der Waals surface area contributed by atoms with Gasteiger partial charge in [0.15, 0.2) is 17.9 Å². The van der Waals surface area contributed by atoms with Crippen molar-refractivity contribution in [3.8, 4) is 5.75 Å². The number of nitrogens with zero attached hydrogens (tertiary/aromatic N) is 1. The van der Waals surface area contributed by atoms with Crippen molar-refractivity contribution in [3.05, 3.63) is 58.9 Å². The fourth-order valence-corrected chi connectivity index (χ4v) is 2.97. The Morgan fingerprint density at radius 2 is 1.62 bits per heavy atom. The molecule has 0 spiro atoms. The minimum absolute atomic E-state index is 0.0462. The quantitative estimate of drug-likeness (QED) is 0.664. The zero-order valence-electron chi connectivity index (χ0n) is 13.4. The van der Waals surface area contributed by atoms with Gasteiger partial charge in [-0.05, 0) is 54.7 Å². The summed E-state index contributed by atoms with van der Waals surface area (Å²) in [5.74, 6) is -1.40. The number of aromatic hydroxyl groups is 1. The molecule has 24 heavy (non-hydrogen) atoms. The van der Waals surface area contributed by atoms with Crippen LogP contribution < -0.4 is 4.90 Å². The number of halogens is 1. The van der Waals surface area contributed by atoms with Crippen molar-refractivity contribution in [2.75, 3.05) is 18.0 Å². The van der Waals surface area contributed by atoms with Crippen molar-refractivity contribution in [2.24, 2.45) is 0 Å². The van der Waals surface area contributed by atoms with E-state index in [1.165, 1.54) is 37.1 Å². The molecule has 1 aliphatic rings. The van der Waals surface area contributed by atoms with Gasteiger partial charge in [-0.15, -0.1) is 0 Å². The topological polar surface area (TPSA) is 40.5 Å². The Morgan fingerprint density at radius 3 is 2.29 bits per heavy atom. The summed E-state index contributed by atoms with van der Waals surface area (Å²) in [7, 11) is 0. The Balaban J connectivity index is 1.75. The lowest BCUT2D eigenvalue weighted by Gasteiger charge is -2.28. The van der Waals surface area contributed by atoms with E-state index >= 15 is 0 Å². The van der Waals surface area contributed by atoms with E-state index in [9.17, 15) is 14.3 Å². The van der Waals surface area contributed by atoms with Gasteiger partial charge in [0.1, 0.15) is 0 Å². The fraction of sp³-hybridized carbons (Fsp3) is 0.250. The van der Waals surface area contributed by atoms with Crippen molar-refractivity contribution in [1.82, 2.24) is 0 Å². The summed E-state index contributed by atoms with van der Waals surface area (Å²) in [6.07, 6.45) is 7.83. The SMILES string of the molecule is O=Cc1cc(C=Cc2ccc(N3CCCCC3)cc2)cc(F)c1O. The molecule has 1 N–H and O–H groups in total. The number of piperidine rings is 1. The molecule has 1 heterocycles. The van der Waals surface area contributed by atoms with E-state index in [0.29, 0.717) is 11.8 Å². The maximum absolute atomic E-state index is 13.6. The predicted octanol–water partition coefficient (Wildman–Crippen LogP) is 4.50. The summed E-state index contributed by atoms with van der Waals surface area (Å²) >= 11 is 0. The molecule has 1 fully saturated rings. The molecule has 3 rings (SSSR count). The van der Waals surface area contributed by atoms with Gasteiger partial charge in [0.25, 0.3) is 0 Å². The largest absolute Gasteiger partial charge is 0.504 e. The first-order valence-corrected chi connectivity index (χ1v) is 8.18. The normalized spacial score (nSPS) is 15.0. The number of anilines is 1. The summed E-state index contributed by atoms with van der Waals surface area (Å²) in [5, 5.41) is 9.43. The second-order valence-corrected chi connectivity index (χ2v) is 6.03. The number of phenolic OH excluding ortho intramolecular Hbond substituents is 1. The van der Waals surface area contributed by atoms with Gasteiger partial charge < -0.3 is 10.0 Å². The smallest absolute Gasteiger partial charge is 0.166 e. The molecule has 4 heteroatoms. The highest BCUT2D eigenvalue weighted by Crippen LogP contribution is 2.24. The van der Waals surface area contributed by atoms with E-state index in [1.54, 1.807) is 6.08 Å². The Bertz CT molecular complexity index is 747. The molecule has 2 aromatic rings. The maximum Gasteiger partial charge on any atom is 0.166 e. The predicted molar refractivity (Wildman–Crippen MR) is 94.9 cm³/mol. The maximum atomic E-state index is 13.6. The first-order valence-electron chi connectivity index (χ1n) is 8.18. The van der Waals surface area contributed by atoms with Gasteiger partial charge in [-0.3, -0.25) is 4.79 Å². The van der Waals surface area contributed by atoms with Crippen LogP contribution >= 0.6 is 0 Å². The highest BCUT2D eigenvalue weighted by atomic mass is 19.1. The van der Waals surface area contributed by atoms with Crippen molar-refractivity contribution in [3.63, 3.8) is 0 Å². The summed E-state index contributed by atoms with van der Waals surface area (Å²) in [4.78, 5) is 13.2. The summed E-state index contributed by atoms with van der Waals surface area (Å²) in [6, 6.07) is 10.9. The molecule has 1 saturated heterocycles. The van der Waals surface area contributed by atoms with Crippen molar-refractivity contribution < 1.29 is 14.3 Å². The Labute approximate surface area is 141 Å². The van der Waals surface area contributed by atoms with Crippen molar-refractivity contribution in [2.45, 2.75) is 19.3 Å². The number of carbonyl (C=O) groups excluding carboxylic acids is 1. The third-order valence-electron chi connectivity index (χ3n) is 4.32. The van der Waals surface area contributed by atoms with E-state index in [2.05, 4.69) is 17.0 Å². The van der Waals surface area contributed by atoms with Crippen LogP contribution in [0.2, 0.25) is 0 Å². The molecule has 1 aliphatic heterocycles. The summed E-state index contributed by atoms with van der Waals surface area (Å²) in [6.45, 7) is 2.22. The molecular weight excluding hydrogens is 305 g/mol. The number of carbonyl (C=O) groups is 1. The Kier molecular flexibility index (Phi) is 4.94. The lowest BCUT2D eigenvalue weighted by atomic mass is 10.1. The second kappa shape index (κ2) is 7.30. The molecule has 0 amide bonds. The number of benzene rings is 2. The highest BCUT2D eigenvalue weighted by Gasteiger charge is 2.10. The minimum Gasteiger partial charge on any atom is -0.504 e. The van der Waals surface area contributed by atoms with Crippen LogP contribution in [-0.2, 0) is 0 Å². The van der Waals surface area contributed by atoms with Gasteiger partial charge in [-0.25, -0.2) is 4.39 Å². The van der Waals surface area contributed by atoms with Crippen LogP contribution in [0.3, 0.4) is 0 Å². The number of aldehydes is 1. The fourth-order valence-electron chi connectivity index (χ4n) is 2.97. The van der Waals surface area contributed by atoms with Crippen LogP contribution in [0.25, 0.3) is 12.2 Å². The van der Waals surface area contributed by atoms with Crippen LogP contribution in [0.15, 0.2) is 36.4 Å². The first kappa shape index (κ1) is 16.2. The zero-order chi connectivity index (χ0) is 16.9. The second-order valence-electron chi connectivity index (χ2n) is 6.03. The lowest BCUT2D eigenvalue weighted by molar-refractivity contribution is 0.112. The van der Waals surface area contributed by atoms with E-state index < -0.39 is 11.6 Å². The monoisotopic (exact) mass is 325 g/mol. The number of hydrogen-bond acceptors (Lipinski definition) is 3. The van der Waals surface area contributed by atoms with E-state index in [1.807, 2.05) is 18.2 Å². The average Bonchev–Trinajstić information content (AvgIpc) is 2.63. The van der Waals surface area contributed by atoms with Gasteiger partial charge in [0, 0.05) is 18.8 Å². The molecule has 3 nitrogen and oxygen atoms in total. The molecule has 0 aromatic heterocycles. The minimum atomic E-state index is -0.792.